The lowest BCUT2D eigenvalue weighted by Crippen LogP contribution is -2.25. The zero-order valence-electron chi connectivity index (χ0n) is 6.42. The van der Waals surface area contributed by atoms with Gasteiger partial charge in [-0.3, -0.25) is 14.4 Å². The zero-order chi connectivity index (χ0) is 8.69. The van der Waals surface area contributed by atoms with Gasteiger partial charge in [0.05, 0.1) is 6.61 Å². The highest BCUT2D eigenvalue weighted by Crippen LogP contribution is 1.86. The van der Waals surface area contributed by atoms with Crippen molar-refractivity contribution in [3.05, 3.63) is 0 Å². The maximum absolute atomic E-state index is 10.7. The SMILES string of the molecule is CCONC(=O)CCC(N)=O. The molecule has 0 aliphatic heterocycles. The number of rotatable bonds is 5. The quantitative estimate of drug-likeness (QED) is 0.523. The van der Waals surface area contributed by atoms with Crippen LogP contribution >= 0.6 is 0 Å². The molecule has 0 aromatic carbocycles. The van der Waals surface area contributed by atoms with Gasteiger partial charge in [0.2, 0.25) is 11.8 Å². The van der Waals surface area contributed by atoms with Crippen LogP contribution in [0.4, 0.5) is 0 Å². The van der Waals surface area contributed by atoms with E-state index in [1.54, 1.807) is 6.92 Å². The van der Waals surface area contributed by atoms with Gasteiger partial charge in [-0.05, 0) is 6.92 Å². The molecule has 2 amide bonds. The van der Waals surface area contributed by atoms with E-state index < -0.39 is 5.91 Å². The smallest absolute Gasteiger partial charge is 0.244 e. The molecule has 0 fully saturated rings. The highest BCUT2D eigenvalue weighted by molar-refractivity contribution is 5.82. The van der Waals surface area contributed by atoms with Crippen molar-refractivity contribution < 1.29 is 14.4 Å². The molecule has 11 heavy (non-hydrogen) atoms. The van der Waals surface area contributed by atoms with Gasteiger partial charge in [0.1, 0.15) is 0 Å². The molecule has 0 atom stereocenters. The summed E-state index contributed by atoms with van der Waals surface area (Å²) in [5.41, 5.74) is 6.95. The molecule has 0 aliphatic carbocycles. The minimum atomic E-state index is -0.489. The van der Waals surface area contributed by atoms with Crippen molar-refractivity contribution in [3.8, 4) is 0 Å². The molecule has 0 aromatic rings. The number of primary amides is 1. The van der Waals surface area contributed by atoms with Crippen LogP contribution in [0.2, 0.25) is 0 Å². The molecule has 0 bridgehead atoms. The number of hydrogen-bond donors (Lipinski definition) is 2. The van der Waals surface area contributed by atoms with Gasteiger partial charge in [0, 0.05) is 12.8 Å². The Hall–Kier alpha value is -1.10. The van der Waals surface area contributed by atoms with E-state index in [0.29, 0.717) is 6.61 Å². The second-order valence-corrected chi connectivity index (χ2v) is 1.92. The molecule has 0 saturated heterocycles. The van der Waals surface area contributed by atoms with Crippen molar-refractivity contribution in [2.24, 2.45) is 5.73 Å². The van der Waals surface area contributed by atoms with Crippen LogP contribution < -0.4 is 11.2 Å². The van der Waals surface area contributed by atoms with Crippen LogP contribution in [0.3, 0.4) is 0 Å². The lowest BCUT2D eigenvalue weighted by atomic mass is 10.3. The van der Waals surface area contributed by atoms with Crippen LogP contribution in [0.5, 0.6) is 0 Å². The van der Waals surface area contributed by atoms with E-state index in [1.165, 1.54) is 0 Å². The molecule has 0 aliphatic rings. The summed E-state index contributed by atoms with van der Waals surface area (Å²) in [6, 6.07) is 0. The maximum Gasteiger partial charge on any atom is 0.244 e. The van der Waals surface area contributed by atoms with Crippen LogP contribution in [0.25, 0.3) is 0 Å². The zero-order valence-corrected chi connectivity index (χ0v) is 6.42. The monoisotopic (exact) mass is 160 g/mol. The van der Waals surface area contributed by atoms with E-state index in [2.05, 4.69) is 10.3 Å². The molecule has 0 rings (SSSR count). The topological polar surface area (TPSA) is 81.4 Å². The molecular formula is C6H12N2O3. The second kappa shape index (κ2) is 5.67. The van der Waals surface area contributed by atoms with Gasteiger partial charge in [-0.2, -0.15) is 0 Å². The molecule has 0 unspecified atom stereocenters. The van der Waals surface area contributed by atoms with E-state index in [-0.39, 0.29) is 18.7 Å². The summed E-state index contributed by atoms with van der Waals surface area (Å²) in [5.74, 6) is -0.817. The Bertz CT molecular complexity index is 147. The number of hydrogen-bond acceptors (Lipinski definition) is 3. The number of nitrogens with one attached hydrogen (secondary N) is 1. The summed E-state index contributed by atoms with van der Waals surface area (Å²) in [7, 11) is 0. The standard InChI is InChI=1S/C6H12N2O3/c1-2-11-8-6(10)4-3-5(7)9/h2-4H2,1H3,(H2,7,9)(H,8,10). The van der Waals surface area contributed by atoms with Gasteiger partial charge >= 0.3 is 0 Å². The van der Waals surface area contributed by atoms with Crippen LogP contribution in [0, 0.1) is 0 Å². The summed E-state index contributed by atoms with van der Waals surface area (Å²) in [4.78, 5) is 25.4. The maximum atomic E-state index is 10.7. The summed E-state index contributed by atoms with van der Waals surface area (Å²) >= 11 is 0. The van der Waals surface area contributed by atoms with Crippen LogP contribution in [0.15, 0.2) is 0 Å². The van der Waals surface area contributed by atoms with E-state index in [9.17, 15) is 9.59 Å². The Labute approximate surface area is 64.8 Å². The highest BCUT2D eigenvalue weighted by atomic mass is 16.6. The first-order valence-corrected chi connectivity index (χ1v) is 3.35. The molecule has 0 spiro atoms. The van der Waals surface area contributed by atoms with Gasteiger partial charge in [-0.1, -0.05) is 0 Å². The van der Waals surface area contributed by atoms with Crippen LogP contribution in [-0.2, 0) is 14.4 Å². The van der Waals surface area contributed by atoms with Crippen molar-refractivity contribution in [2.75, 3.05) is 6.61 Å². The normalized spacial score (nSPS) is 9.18. The molecule has 0 aromatic heterocycles. The highest BCUT2D eigenvalue weighted by Gasteiger charge is 2.02. The second-order valence-electron chi connectivity index (χ2n) is 1.92. The molecule has 0 radical (unpaired) electrons. The number of amides is 2. The van der Waals surface area contributed by atoms with E-state index in [1.807, 2.05) is 0 Å². The predicted molar refractivity (Wildman–Crippen MR) is 38.2 cm³/mol. The Morgan fingerprint density at radius 3 is 2.55 bits per heavy atom. The molecular weight excluding hydrogens is 148 g/mol. The first-order chi connectivity index (χ1) is 5.16. The van der Waals surface area contributed by atoms with Crippen molar-refractivity contribution in [1.29, 1.82) is 0 Å². The van der Waals surface area contributed by atoms with Gasteiger partial charge in [0.25, 0.3) is 0 Å². The van der Waals surface area contributed by atoms with E-state index in [4.69, 9.17) is 5.73 Å². The third-order valence-corrected chi connectivity index (χ3v) is 0.929. The molecule has 3 N–H and O–H groups in total. The Morgan fingerprint density at radius 1 is 1.45 bits per heavy atom. The average Bonchev–Trinajstić information content (AvgIpc) is 1.97. The largest absolute Gasteiger partial charge is 0.370 e. The Morgan fingerprint density at radius 2 is 2.09 bits per heavy atom. The summed E-state index contributed by atoms with van der Waals surface area (Å²) < 4.78 is 0. The summed E-state index contributed by atoms with van der Waals surface area (Å²) in [6.07, 6.45) is 0.133. The van der Waals surface area contributed by atoms with Gasteiger partial charge in [-0.25, -0.2) is 5.48 Å². The third kappa shape index (κ3) is 6.79. The number of carbonyl (C=O) groups excluding carboxylic acids is 2. The Balaban J connectivity index is 3.30. The fraction of sp³-hybridized carbons (Fsp3) is 0.667. The third-order valence-electron chi connectivity index (χ3n) is 0.929. The first-order valence-electron chi connectivity index (χ1n) is 3.35. The van der Waals surface area contributed by atoms with Gasteiger partial charge in [-0.15, -0.1) is 0 Å². The lowest BCUT2D eigenvalue weighted by molar-refractivity contribution is -0.134. The van der Waals surface area contributed by atoms with E-state index in [0.717, 1.165) is 0 Å². The van der Waals surface area contributed by atoms with Gasteiger partial charge in [0.15, 0.2) is 0 Å². The average molecular weight is 160 g/mol. The van der Waals surface area contributed by atoms with Crippen molar-refractivity contribution >= 4 is 11.8 Å². The molecule has 5 nitrogen and oxygen atoms in total. The van der Waals surface area contributed by atoms with E-state index >= 15 is 0 Å². The van der Waals surface area contributed by atoms with Crippen molar-refractivity contribution in [3.63, 3.8) is 0 Å². The predicted octanol–water partition coefficient (Wildman–Crippen LogP) is -0.680. The molecule has 0 heterocycles. The van der Waals surface area contributed by atoms with Gasteiger partial charge < -0.3 is 5.73 Å². The Kier molecular flexibility index (Phi) is 5.10. The van der Waals surface area contributed by atoms with Crippen LogP contribution in [-0.4, -0.2) is 18.4 Å². The number of hydroxylamine groups is 1. The molecule has 0 saturated carbocycles. The fourth-order valence-electron chi connectivity index (χ4n) is 0.440. The number of nitrogens with two attached hydrogens (primary N) is 1. The minimum absolute atomic E-state index is 0.0545. The first kappa shape index (κ1) is 9.90. The van der Waals surface area contributed by atoms with Crippen LogP contribution in [0.1, 0.15) is 19.8 Å². The summed E-state index contributed by atoms with van der Waals surface area (Å²) in [5, 5.41) is 0. The minimum Gasteiger partial charge on any atom is -0.370 e. The molecule has 5 heteroatoms. The number of carbonyl (C=O) groups is 2. The molecule has 64 valence electrons. The summed E-state index contributed by atoms with van der Waals surface area (Å²) in [6.45, 7) is 2.15. The van der Waals surface area contributed by atoms with Crippen molar-refractivity contribution in [1.82, 2.24) is 5.48 Å². The lowest BCUT2D eigenvalue weighted by Gasteiger charge is -2.00. The van der Waals surface area contributed by atoms with Crippen molar-refractivity contribution in [2.45, 2.75) is 19.8 Å². The fourth-order valence-corrected chi connectivity index (χ4v) is 0.440.